The van der Waals surface area contributed by atoms with E-state index < -0.39 is 11.0 Å². The number of non-ortho nitro benzene ring substituents is 1. The molecule has 132 valence electrons. The molecule has 2 aromatic carbocycles. The Balaban J connectivity index is 0.00000225. The molecular formula is C18H20ClN3O3. The second kappa shape index (κ2) is 8.09. The van der Waals surface area contributed by atoms with Gasteiger partial charge in [-0.25, -0.2) is 0 Å². The van der Waals surface area contributed by atoms with Crippen LogP contribution in [0, 0.1) is 10.1 Å². The van der Waals surface area contributed by atoms with Crippen molar-refractivity contribution in [3.8, 4) is 0 Å². The van der Waals surface area contributed by atoms with Crippen molar-refractivity contribution >= 4 is 24.0 Å². The van der Waals surface area contributed by atoms with Gasteiger partial charge in [-0.15, -0.1) is 12.4 Å². The maximum atomic E-state index is 12.6. The Hall–Kier alpha value is -2.44. The maximum Gasteiger partial charge on any atom is 0.269 e. The maximum absolute atomic E-state index is 12.6. The second-order valence-corrected chi connectivity index (χ2v) is 6.02. The number of nitrogens with two attached hydrogens (primary N) is 1. The van der Waals surface area contributed by atoms with Crippen molar-refractivity contribution in [2.24, 2.45) is 5.73 Å². The normalized spacial score (nSPS) is 14.2. The van der Waals surface area contributed by atoms with Gasteiger partial charge in [0.2, 0.25) is 5.91 Å². The third-order valence-electron chi connectivity index (χ3n) is 4.34. The van der Waals surface area contributed by atoms with Gasteiger partial charge in [0.25, 0.3) is 5.69 Å². The number of fused-ring (bicyclic) bond motifs is 1. The first-order valence-corrected chi connectivity index (χ1v) is 7.89. The molecule has 7 heteroatoms. The average Bonchev–Trinajstić information content (AvgIpc) is 2.60. The summed E-state index contributed by atoms with van der Waals surface area (Å²) < 4.78 is 0. The number of nitro groups is 1. The van der Waals surface area contributed by atoms with Gasteiger partial charge < -0.3 is 10.6 Å². The van der Waals surface area contributed by atoms with Crippen LogP contribution in [-0.2, 0) is 24.2 Å². The zero-order valence-corrected chi connectivity index (χ0v) is 14.4. The van der Waals surface area contributed by atoms with Crippen LogP contribution in [0.3, 0.4) is 0 Å². The third-order valence-corrected chi connectivity index (χ3v) is 4.34. The molecule has 0 saturated heterocycles. The minimum Gasteiger partial charge on any atom is -0.337 e. The molecule has 2 aromatic rings. The Morgan fingerprint density at radius 3 is 2.60 bits per heavy atom. The van der Waals surface area contributed by atoms with Crippen LogP contribution in [0.25, 0.3) is 0 Å². The van der Waals surface area contributed by atoms with Crippen molar-refractivity contribution in [2.45, 2.75) is 25.4 Å². The lowest BCUT2D eigenvalue weighted by Gasteiger charge is -2.30. The number of nitrogens with zero attached hydrogens (tertiary/aromatic N) is 2. The van der Waals surface area contributed by atoms with Crippen LogP contribution in [0.1, 0.15) is 16.7 Å². The first kappa shape index (κ1) is 18.9. The number of hydrogen-bond acceptors (Lipinski definition) is 4. The van der Waals surface area contributed by atoms with E-state index in [1.54, 1.807) is 17.0 Å². The van der Waals surface area contributed by atoms with E-state index in [1.807, 2.05) is 30.3 Å². The van der Waals surface area contributed by atoms with Gasteiger partial charge in [-0.3, -0.25) is 14.9 Å². The highest BCUT2D eigenvalue weighted by molar-refractivity contribution is 5.85. The fraction of sp³-hybridized carbons (Fsp3) is 0.278. The number of rotatable bonds is 4. The molecule has 0 spiro atoms. The topological polar surface area (TPSA) is 89.5 Å². The molecule has 3 rings (SSSR count). The predicted octanol–water partition coefficient (Wildman–Crippen LogP) is 2.47. The number of carbonyl (C=O) groups excluding carboxylic acids is 1. The monoisotopic (exact) mass is 361 g/mol. The van der Waals surface area contributed by atoms with Gasteiger partial charge in [0.15, 0.2) is 0 Å². The molecule has 0 aliphatic carbocycles. The lowest BCUT2D eigenvalue weighted by atomic mass is 9.97. The minimum atomic E-state index is -0.604. The van der Waals surface area contributed by atoms with Gasteiger partial charge >= 0.3 is 0 Å². The average molecular weight is 362 g/mol. The number of halogens is 1. The lowest BCUT2D eigenvalue weighted by Crippen LogP contribution is -2.46. The van der Waals surface area contributed by atoms with E-state index in [4.69, 9.17) is 5.73 Å². The highest BCUT2D eigenvalue weighted by Gasteiger charge is 2.26. The Morgan fingerprint density at radius 2 is 1.92 bits per heavy atom. The van der Waals surface area contributed by atoms with Crippen molar-refractivity contribution in [2.75, 3.05) is 6.54 Å². The van der Waals surface area contributed by atoms with Crippen molar-refractivity contribution < 1.29 is 9.72 Å². The number of hydrogen-bond donors (Lipinski definition) is 1. The molecule has 0 saturated carbocycles. The molecule has 1 atom stereocenters. The Kier molecular flexibility index (Phi) is 6.12. The molecular weight excluding hydrogens is 342 g/mol. The Bertz CT molecular complexity index is 767. The summed E-state index contributed by atoms with van der Waals surface area (Å²) in [6.45, 7) is 0.963. The highest BCUT2D eigenvalue weighted by atomic mass is 35.5. The van der Waals surface area contributed by atoms with Gasteiger partial charge in [-0.05, 0) is 29.5 Å². The molecule has 0 aromatic heterocycles. The first-order chi connectivity index (χ1) is 11.5. The van der Waals surface area contributed by atoms with E-state index in [0.717, 1.165) is 16.7 Å². The Labute approximate surface area is 152 Å². The van der Waals surface area contributed by atoms with Crippen molar-refractivity contribution in [3.05, 3.63) is 75.3 Å². The van der Waals surface area contributed by atoms with Crippen LogP contribution in [0.2, 0.25) is 0 Å². The molecule has 1 aliphatic heterocycles. The number of benzene rings is 2. The Morgan fingerprint density at radius 1 is 1.20 bits per heavy atom. The zero-order chi connectivity index (χ0) is 17.1. The van der Waals surface area contributed by atoms with Crippen molar-refractivity contribution in [3.63, 3.8) is 0 Å². The number of nitro benzene ring substituents is 1. The summed E-state index contributed by atoms with van der Waals surface area (Å²) in [5.74, 6) is -0.115. The quantitative estimate of drug-likeness (QED) is 0.669. The van der Waals surface area contributed by atoms with Crippen LogP contribution in [0.15, 0.2) is 48.5 Å². The van der Waals surface area contributed by atoms with Crippen molar-refractivity contribution in [1.29, 1.82) is 0 Å². The molecule has 2 N–H and O–H groups in total. The molecule has 0 bridgehead atoms. The number of amides is 1. The highest BCUT2D eigenvalue weighted by Crippen LogP contribution is 2.24. The molecule has 1 amide bonds. The van der Waals surface area contributed by atoms with Crippen LogP contribution >= 0.6 is 12.4 Å². The van der Waals surface area contributed by atoms with Gasteiger partial charge in [-0.2, -0.15) is 0 Å². The van der Waals surface area contributed by atoms with Gasteiger partial charge in [-0.1, -0.05) is 36.4 Å². The van der Waals surface area contributed by atoms with Gasteiger partial charge in [0.1, 0.15) is 0 Å². The fourth-order valence-corrected chi connectivity index (χ4v) is 3.04. The van der Waals surface area contributed by atoms with E-state index in [-0.39, 0.29) is 24.0 Å². The molecule has 0 unspecified atom stereocenters. The lowest BCUT2D eigenvalue weighted by molar-refractivity contribution is -0.385. The predicted molar refractivity (Wildman–Crippen MR) is 97.6 cm³/mol. The molecule has 0 radical (unpaired) electrons. The fourth-order valence-electron chi connectivity index (χ4n) is 3.04. The van der Waals surface area contributed by atoms with Crippen LogP contribution in [0.5, 0.6) is 0 Å². The van der Waals surface area contributed by atoms with E-state index >= 15 is 0 Å². The summed E-state index contributed by atoms with van der Waals surface area (Å²) in [6.07, 6.45) is 1.18. The van der Waals surface area contributed by atoms with E-state index in [2.05, 4.69) is 0 Å². The molecule has 25 heavy (non-hydrogen) atoms. The van der Waals surface area contributed by atoms with E-state index in [1.165, 1.54) is 6.07 Å². The summed E-state index contributed by atoms with van der Waals surface area (Å²) in [5.41, 5.74) is 9.04. The second-order valence-electron chi connectivity index (χ2n) is 6.02. The largest absolute Gasteiger partial charge is 0.337 e. The van der Waals surface area contributed by atoms with E-state index in [0.29, 0.717) is 25.9 Å². The number of carbonyl (C=O) groups is 1. The molecule has 1 heterocycles. The third kappa shape index (κ3) is 4.35. The summed E-state index contributed by atoms with van der Waals surface area (Å²) in [5, 5.41) is 10.9. The first-order valence-electron chi connectivity index (χ1n) is 7.89. The summed E-state index contributed by atoms with van der Waals surface area (Å²) in [6, 6.07) is 13.9. The van der Waals surface area contributed by atoms with E-state index in [9.17, 15) is 14.9 Å². The SMILES string of the molecule is Cl.N[C@@H](Cc1ccccc1)C(=O)N1CCc2ccc([N+](=O)[O-])cc2C1. The molecule has 1 aliphatic rings. The van der Waals surface area contributed by atoms with Crippen LogP contribution in [0.4, 0.5) is 5.69 Å². The minimum absolute atomic E-state index is 0. The molecule has 6 nitrogen and oxygen atoms in total. The summed E-state index contributed by atoms with van der Waals surface area (Å²) >= 11 is 0. The van der Waals surface area contributed by atoms with Crippen molar-refractivity contribution in [1.82, 2.24) is 4.90 Å². The summed E-state index contributed by atoms with van der Waals surface area (Å²) in [7, 11) is 0. The van der Waals surface area contributed by atoms with Crippen LogP contribution < -0.4 is 5.73 Å². The van der Waals surface area contributed by atoms with Gasteiger partial charge in [0.05, 0.1) is 11.0 Å². The van der Waals surface area contributed by atoms with Crippen LogP contribution in [-0.4, -0.2) is 28.3 Å². The standard InChI is InChI=1S/C18H19N3O3.ClH/c19-17(10-13-4-2-1-3-5-13)18(22)20-9-8-14-6-7-16(21(23)24)11-15(14)12-20;/h1-7,11,17H,8-10,12,19H2;1H/t17-;/m0./s1. The smallest absolute Gasteiger partial charge is 0.269 e. The van der Waals surface area contributed by atoms with Gasteiger partial charge in [0, 0.05) is 25.2 Å². The summed E-state index contributed by atoms with van der Waals surface area (Å²) in [4.78, 5) is 24.8. The molecule has 0 fully saturated rings. The zero-order valence-electron chi connectivity index (χ0n) is 13.6.